The summed E-state index contributed by atoms with van der Waals surface area (Å²) in [7, 11) is 0. The Hall–Kier alpha value is -1.10. The molecule has 4 heteroatoms. The van der Waals surface area contributed by atoms with E-state index in [0.717, 1.165) is 30.2 Å². The van der Waals surface area contributed by atoms with E-state index in [4.69, 9.17) is 0 Å². The molecule has 0 aromatic heterocycles. The van der Waals surface area contributed by atoms with Gasteiger partial charge in [0.2, 0.25) is 0 Å². The largest absolute Gasteiger partial charge is 0.508 e. The molecule has 1 atom stereocenters. The summed E-state index contributed by atoms with van der Waals surface area (Å²) in [5.74, 6) is 1.63. The number of benzene rings is 1. The van der Waals surface area contributed by atoms with Gasteiger partial charge >= 0.3 is 0 Å². The lowest BCUT2D eigenvalue weighted by Gasteiger charge is -2.40. The van der Waals surface area contributed by atoms with Crippen LogP contribution in [0.4, 0.5) is 0 Å². The van der Waals surface area contributed by atoms with Gasteiger partial charge in [-0.25, -0.2) is 0 Å². The molecule has 1 aliphatic carbocycles. The summed E-state index contributed by atoms with van der Waals surface area (Å²) in [5.41, 5.74) is 1.26. The Morgan fingerprint density at radius 2 is 1.91 bits per heavy atom. The smallest absolute Gasteiger partial charge is 0.121 e. The van der Waals surface area contributed by atoms with E-state index in [1.54, 1.807) is 12.1 Å². The highest BCUT2D eigenvalue weighted by atomic mass is 16.3. The first-order valence-corrected chi connectivity index (χ1v) is 8.70. The van der Waals surface area contributed by atoms with Crippen LogP contribution in [-0.2, 0) is 6.61 Å². The minimum atomic E-state index is -0.638. The molecule has 0 aliphatic heterocycles. The highest BCUT2D eigenvalue weighted by Crippen LogP contribution is 2.35. The molecule has 1 fully saturated rings. The maximum Gasteiger partial charge on any atom is 0.121 e. The molecule has 1 aromatic rings. The lowest BCUT2D eigenvalue weighted by atomic mass is 9.73. The lowest BCUT2D eigenvalue weighted by molar-refractivity contribution is 0.128. The molecule has 0 spiro atoms. The molecule has 0 heterocycles. The van der Waals surface area contributed by atoms with Crippen LogP contribution in [0, 0.1) is 11.8 Å². The van der Waals surface area contributed by atoms with Crippen molar-refractivity contribution in [3.8, 4) is 5.75 Å². The molecular weight excluding hydrogens is 290 g/mol. The Morgan fingerprint density at radius 1 is 1.26 bits per heavy atom. The van der Waals surface area contributed by atoms with Crippen LogP contribution in [0.15, 0.2) is 18.2 Å². The molecule has 0 amide bonds. The Bertz CT molecular complexity index is 507. The first-order valence-electron chi connectivity index (χ1n) is 8.70. The topological polar surface area (TPSA) is 72.7 Å². The SMILES string of the molecule is CC(C)C1CCC(C)(NCC(O)c2ccc(O)c(CO)c2)CC1. The van der Waals surface area contributed by atoms with E-state index in [9.17, 15) is 15.3 Å². The molecular formula is C19H31NO3. The second-order valence-corrected chi connectivity index (χ2v) is 7.59. The van der Waals surface area contributed by atoms with Gasteiger partial charge in [0.25, 0.3) is 0 Å². The zero-order valence-corrected chi connectivity index (χ0v) is 14.5. The van der Waals surface area contributed by atoms with Crippen molar-refractivity contribution in [1.82, 2.24) is 5.32 Å². The quantitative estimate of drug-likeness (QED) is 0.649. The van der Waals surface area contributed by atoms with Crippen molar-refractivity contribution in [3.63, 3.8) is 0 Å². The van der Waals surface area contributed by atoms with Crippen molar-refractivity contribution < 1.29 is 15.3 Å². The first kappa shape index (κ1) is 18.2. The number of aromatic hydroxyl groups is 1. The van der Waals surface area contributed by atoms with Crippen molar-refractivity contribution in [2.24, 2.45) is 11.8 Å². The standard InChI is InChI=1S/C19H31NO3/c1-13(2)14-6-8-19(3,9-7-14)20-11-18(23)15-4-5-17(22)16(10-15)12-21/h4-5,10,13-14,18,20-23H,6-9,11-12H2,1-3H3. The number of hydrogen-bond donors (Lipinski definition) is 4. The maximum absolute atomic E-state index is 10.4. The van der Waals surface area contributed by atoms with Gasteiger partial charge in [-0.05, 0) is 62.1 Å². The van der Waals surface area contributed by atoms with Crippen molar-refractivity contribution in [3.05, 3.63) is 29.3 Å². The van der Waals surface area contributed by atoms with Crippen LogP contribution in [0.5, 0.6) is 5.75 Å². The highest BCUT2D eigenvalue weighted by Gasteiger charge is 2.32. The molecule has 130 valence electrons. The van der Waals surface area contributed by atoms with Gasteiger partial charge in [0.05, 0.1) is 12.7 Å². The molecule has 23 heavy (non-hydrogen) atoms. The molecule has 0 radical (unpaired) electrons. The van der Waals surface area contributed by atoms with Gasteiger partial charge in [0.15, 0.2) is 0 Å². The van der Waals surface area contributed by atoms with E-state index >= 15 is 0 Å². The molecule has 0 saturated heterocycles. The van der Waals surface area contributed by atoms with Gasteiger partial charge in [-0.15, -0.1) is 0 Å². The van der Waals surface area contributed by atoms with Crippen molar-refractivity contribution in [1.29, 1.82) is 0 Å². The molecule has 1 aliphatic rings. The van der Waals surface area contributed by atoms with Crippen LogP contribution in [0.25, 0.3) is 0 Å². The van der Waals surface area contributed by atoms with Crippen LogP contribution in [0.2, 0.25) is 0 Å². The Morgan fingerprint density at radius 3 is 2.48 bits per heavy atom. The number of phenols is 1. The van der Waals surface area contributed by atoms with Gasteiger partial charge in [0.1, 0.15) is 5.75 Å². The fraction of sp³-hybridized carbons (Fsp3) is 0.684. The van der Waals surface area contributed by atoms with Gasteiger partial charge in [-0.1, -0.05) is 19.9 Å². The fourth-order valence-electron chi connectivity index (χ4n) is 3.52. The predicted octanol–water partition coefficient (Wildman–Crippen LogP) is 3.11. The van der Waals surface area contributed by atoms with Crippen LogP contribution < -0.4 is 5.32 Å². The third-order valence-electron chi connectivity index (χ3n) is 5.46. The molecule has 1 unspecified atom stereocenters. The number of aliphatic hydroxyl groups is 2. The molecule has 4 N–H and O–H groups in total. The summed E-state index contributed by atoms with van der Waals surface area (Å²) in [5, 5.41) is 32.7. The fourth-order valence-corrected chi connectivity index (χ4v) is 3.52. The zero-order valence-electron chi connectivity index (χ0n) is 14.5. The summed E-state index contributed by atoms with van der Waals surface area (Å²) in [6.45, 7) is 7.10. The maximum atomic E-state index is 10.4. The van der Waals surface area contributed by atoms with Gasteiger partial charge < -0.3 is 20.6 Å². The Kier molecular flexibility index (Phi) is 6.06. The van der Waals surface area contributed by atoms with E-state index in [1.165, 1.54) is 18.9 Å². The predicted molar refractivity (Wildman–Crippen MR) is 92.2 cm³/mol. The summed E-state index contributed by atoms with van der Waals surface area (Å²) in [4.78, 5) is 0. The van der Waals surface area contributed by atoms with Crippen molar-refractivity contribution in [2.45, 2.75) is 64.7 Å². The first-order chi connectivity index (χ1) is 10.8. The molecule has 2 rings (SSSR count). The minimum absolute atomic E-state index is 0.0652. The number of rotatable bonds is 6. The third-order valence-corrected chi connectivity index (χ3v) is 5.46. The molecule has 1 aromatic carbocycles. The number of aliphatic hydroxyl groups excluding tert-OH is 2. The molecule has 4 nitrogen and oxygen atoms in total. The van der Waals surface area contributed by atoms with E-state index in [2.05, 4.69) is 26.1 Å². The van der Waals surface area contributed by atoms with E-state index in [-0.39, 0.29) is 17.9 Å². The second kappa shape index (κ2) is 7.65. The number of hydrogen-bond acceptors (Lipinski definition) is 4. The van der Waals surface area contributed by atoms with Gasteiger partial charge in [-0.2, -0.15) is 0 Å². The number of β-amino-alcohol motifs (C(OH)–C–C–N with tert-alkyl or cyclic N) is 1. The monoisotopic (exact) mass is 321 g/mol. The van der Waals surface area contributed by atoms with Crippen LogP contribution in [0.3, 0.4) is 0 Å². The Labute approximate surface area is 139 Å². The van der Waals surface area contributed by atoms with Crippen LogP contribution >= 0.6 is 0 Å². The van der Waals surface area contributed by atoms with Gasteiger partial charge in [-0.3, -0.25) is 0 Å². The lowest BCUT2D eigenvalue weighted by Crippen LogP contribution is -2.47. The third kappa shape index (κ3) is 4.69. The average Bonchev–Trinajstić information content (AvgIpc) is 2.53. The molecule has 1 saturated carbocycles. The van der Waals surface area contributed by atoms with Crippen molar-refractivity contribution >= 4 is 0 Å². The summed E-state index contributed by atoms with van der Waals surface area (Å²) >= 11 is 0. The van der Waals surface area contributed by atoms with Crippen LogP contribution in [0.1, 0.15) is 63.7 Å². The minimum Gasteiger partial charge on any atom is -0.508 e. The van der Waals surface area contributed by atoms with Crippen LogP contribution in [-0.4, -0.2) is 27.4 Å². The second-order valence-electron chi connectivity index (χ2n) is 7.59. The Balaban J connectivity index is 1.90. The highest BCUT2D eigenvalue weighted by molar-refractivity contribution is 5.36. The normalized spacial score (nSPS) is 26.4. The summed E-state index contributed by atoms with van der Waals surface area (Å²) in [6.07, 6.45) is 4.12. The summed E-state index contributed by atoms with van der Waals surface area (Å²) < 4.78 is 0. The average molecular weight is 321 g/mol. The van der Waals surface area contributed by atoms with E-state index < -0.39 is 6.10 Å². The zero-order chi connectivity index (χ0) is 17.0. The summed E-state index contributed by atoms with van der Waals surface area (Å²) in [6, 6.07) is 4.90. The van der Waals surface area contributed by atoms with Gasteiger partial charge in [0, 0.05) is 17.6 Å². The van der Waals surface area contributed by atoms with E-state index in [1.807, 2.05) is 0 Å². The number of nitrogens with one attached hydrogen (secondary N) is 1. The van der Waals surface area contributed by atoms with E-state index in [0.29, 0.717) is 12.1 Å². The molecule has 0 bridgehead atoms. The van der Waals surface area contributed by atoms with Crippen molar-refractivity contribution in [2.75, 3.05) is 6.54 Å².